The number of carbonyl (C=O) groups excluding carboxylic acids is 2. The molecule has 2 aromatic carbocycles. The lowest BCUT2D eigenvalue weighted by Crippen LogP contribution is -2.17. The van der Waals surface area contributed by atoms with Gasteiger partial charge in [0, 0.05) is 12.5 Å². The number of benzene rings is 2. The van der Waals surface area contributed by atoms with Gasteiger partial charge in [-0.15, -0.1) is 0 Å². The van der Waals surface area contributed by atoms with E-state index < -0.39 is 0 Å². The number of ether oxygens (including phenoxy) is 1. The number of hydrazone groups is 1. The number of esters is 1. The van der Waals surface area contributed by atoms with Crippen molar-refractivity contribution in [3.05, 3.63) is 65.2 Å². The first-order chi connectivity index (χ1) is 10.5. The Morgan fingerprint density at radius 1 is 1.05 bits per heavy atom. The van der Waals surface area contributed by atoms with E-state index in [1.165, 1.54) is 13.1 Å². The third-order valence-electron chi connectivity index (χ3n) is 2.84. The van der Waals surface area contributed by atoms with E-state index in [1.54, 1.807) is 36.4 Å². The van der Waals surface area contributed by atoms with Crippen LogP contribution in [-0.4, -0.2) is 18.1 Å². The zero-order valence-corrected chi connectivity index (χ0v) is 12.4. The van der Waals surface area contributed by atoms with Crippen molar-refractivity contribution in [2.45, 2.75) is 13.8 Å². The maximum absolute atomic E-state index is 11.8. The van der Waals surface area contributed by atoms with E-state index in [0.29, 0.717) is 11.3 Å². The highest BCUT2D eigenvalue weighted by molar-refractivity contribution is 5.94. The normalized spacial score (nSPS) is 10.5. The average molecular weight is 296 g/mol. The SMILES string of the molecule is CC(=O)Oc1ccc(/C=N\NC(=O)c2ccc(C)cc2)cc1. The van der Waals surface area contributed by atoms with Crippen LogP contribution in [0.1, 0.15) is 28.4 Å². The van der Waals surface area contributed by atoms with Crippen LogP contribution in [0.4, 0.5) is 0 Å². The zero-order chi connectivity index (χ0) is 15.9. The van der Waals surface area contributed by atoms with Gasteiger partial charge in [0.1, 0.15) is 5.75 Å². The molecule has 5 nitrogen and oxygen atoms in total. The Balaban J connectivity index is 1.93. The van der Waals surface area contributed by atoms with Crippen molar-refractivity contribution < 1.29 is 14.3 Å². The first-order valence-electron chi connectivity index (χ1n) is 6.73. The van der Waals surface area contributed by atoms with Gasteiger partial charge in [0.05, 0.1) is 6.21 Å². The average Bonchev–Trinajstić information content (AvgIpc) is 2.49. The van der Waals surface area contributed by atoms with E-state index in [-0.39, 0.29) is 11.9 Å². The highest BCUT2D eigenvalue weighted by atomic mass is 16.5. The molecule has 0 atom stereocenters. The van der Waals surface area contributed by atoms with Gasteiger partial charge in [-0.05, 0) is 48.9 Å². The highest BCUT2D eigenvalue weighted by Crippen LogP contribution is 2.11. The minimum Gasteiger partial charge on any atom is -0.427 e. The van der Waals surface area contributed by atoms with E-state index >= 15 is 0 Å². The molecule has 2 aromatic rings. The van der Waals surface area contributed by atoms with Crippen LogP contribution < -0.4 is 10.2 Å². The number of nitrogens with one attached hydrogen (secondary N) is 1. The number of nitrogens with zero attached hydrogens (tertiary/aromatic N) is 1. The second-order valence-corrected chi connectivity index (χ2v) is 4.73. The molecule has 112 valence electrons. The first-order valence-corrected chi connectivity index (χ1v) is 6.73. The molecule has 2 rings (SSSR count). The van der Waals surface area contributed by atoms with E-state index in [4.69, 9.17) is 4.74 Å². The lowest BCUT2D eigenvalue weighted by Gasteiger charge is -2.01. The van der Waals surface area contributed by atoms with E-state index in [1.807, 2.05) is 19.1 Å². The molecule has 0 heterocycles. The summed E-state index contributed by atoms with van der Waals surface area (Å²) < 4.78 is 4.93. The Labute approximate surface area is 128 Å². The predicted octanol–water partition coefficient (Wildman–Crippen LogP) is 2.68. The molecule has 0 saturated carbocycles. The summed E-state index contributed by atoms with van der Waals surface area (Å²) in [5, 5.41) is 3.90. The van der Waals surface area contributed by atoms with Crippen LogP contribution in [0.15, 0.2) is 53.6 Å². The number of aryl methyl sites for hydroxylation is 1. The molecule has 0 fully saturated rings. The molecule has 0 aliphatic carbocycles. The summed E-state index contributed by atoms with van der Waals surface area (Å²) >= 11 is 0. The molecule has 0 aliphatic rings. The van der Waals surface area contributed by atoms with Crippen molar-refractivity contribution in [3.63, 3.8) is 0 Å². The Kier molecular flexibility index (Phi) is 5.03. The van der Waals surface area contributed by atoms with Crippen molar-refractivity contribution in [2.75, 3.05) is 0 Å². The number of carbonyl (C=O) groups is 2. The van der Waals surface area contributed by atoms with Crippen molar-refractivity contribution in [3.8, 4) is 5.75 Å². The lowest BCUT2D eigenvalue weighted by atomic mass is 10.1. The number of hydrogen-bond donors (Lipinski definition) is 1. The monoisotopic (exact) mass is 296 g/mol. The Bertz CT molecular complexity index is 689. The second kappa shape index (κ2) is 7.17. The largest absolute Gasteiger partial charge is 0.427 e. The molecule has 0 radical (unpaired) electrons. The van der Waals surface area contributed by atoms with Gasteiger partial charge in [0.2, 0.25) is 0 Å². The summed E-state index contributed by atoms with van der Waals surface area (Å²) in [6.45, 7) is 3.30. The third kappa shape index (κ3) is 4.56. The molecule has 0 spiro atoms. The van der Waals surface area contributed by atoms with Crippen molar-refractivity contribution in [1.29, 1.82) is 0 Å². The van der Waals surface area contributed by atoms with Crippen molar-refractivity contribution in [2.24, 2.45) is 5.10 Å². The summed E-state index contributed by atoms with van der Waals surface area (Å²) in [5.41, 5.74) is 4.88. The topological polar surface area (TPSA) is 67.8 Å². The van der Waals surface area contributed by atoms with Crippen LogP contribution in [0, 0.1) is 6.92 Å². The Morgan fingerprint density at radius 3 is 2.27 bits per heavy atom. The van der Waals surface area contributed by atoms with E-state index in [0.717, 1.165) is 11.1 Å². The fourth-order valence-electron chi connectivity index (χ4n) is 1.72. The summed E-state index contributed by atoms with van der Waals surface area (Å²) in [6, 6.07) is 14.0. The van der Waals surface area contributed by atoms with Gasteiger partial charge in [-0.2, -0.15) is 5.10 Å². The van der Waals surface area contributed by atoms with E-state index in [9.17, 15) is 9.59 Å². The number of hydrogen-bond acceptors (Lipinski definition) is 4. The molecular weight excluding hydrogens is 280 g/mol. The van der Waals surface area contributed by atoms with Crippen molar-refractivity contribution >= 4 is 18.1 Å². The number of amides is 1. The lowest BCUT2D eigenvalue weighted by molar-refractivity contribution is -0.131. The van der Waals surface area contributed by atoms with Gasteiger partial charge in [0.15, 0.2) is 0 Å². The van der Waals surface area contributed by atoms with Crippen LogP contribution in [-0.2, 0) is 4.79 Å². The minimum absolute atomic E-state index is 0.271. The highest BCUT2D eigenvalue weighted by Gasteiger charge is 2.02. The molecule has 0 bridgehead atoms. The van der Waals surface area contributed by atoms with Gasteiger partial charge in [-0.3, -0.25) is 9.59 Å². The minimum atomic E-state index is -0.369. The molecule has 5 heteroatoms. The van der Waals surface area contributed by atoms with Gasteiger partial charge >= 0.3 is 5.97 Å². The molecule has 1 N–H and O–H groups in total. The fraction of sp³-hybridized carbons (Fsp3) is 0.118. The Hall–Kier alpha value is -2.95. The molecule has 0 saturated heterocycles. The maximum Gasteiger partial charge on any atom is 0.308 e. The van der Waals surface area contributed by atoms with Crippen LogP contribution in [0.25, 0.3) is 0 Å². The zero-order valence-electron chi connectivity index (χ0n) is 12.4. The summed E-state index contributed by atoms with van der Waals surface area (Å²) in [5.74, 6) is -0.173. The second-order valence-electron chi connectivity index (χ2n) is 4.73. The fourth-order valence-corrected chi connectivity index (χ4v) is 1.72. The molecule has 0 aliphatic heterocycles. The standard InChI is InChI=1S/C17H16N2O3/c1-12-3-7-15(8-4-12)17(21)19-18-11-14-5-9-16(10-6-14)22-13(2)20/h3-11H,1-2H3,(H,19,21)/b18-11-. The smallest absolute Gasteiger partial charge is 0.308 e. The molecule has 1 amide bonds. The third-order valence-corrected chi connectivity index (χ3v) is 2.84. The molecule has 0 unspecified atom stereocenters. The molecule has 0 aromatic heterocycles. The summed E-state index contributed by atoms with van der Waals surface area (Å²) in [6.07, 6.45) is 1.52. The van der Waals surface area contributed by atoms with Gasteiger partial charge in [0.25, 0.3) is 5.91 Å². The van der Waals surface area contributed by atoms with E-state index in [2.05, 4.69) is 10.5 Å². The van der Waals surface area contributed by atoms with Crippen LogP contribution >= 0.6 is 0 Å². The summed E-state index contributed by atoms with van der Waals surface area (Å²) in [7, 11) is 0. The molecular formula is C17H16N2O3. The predicted molar refractivity (Wildman–Crippen MR) is 84.0 cm³/mol. The molecule has 22 heavy (non-hydrogen) atoms. The quantitative estimate of drug-likeness (QED) is 0.408. The maximum atomic E-state index is 11.8. The summed E-state index contributed by atoms with van der Waals surface area (Å²) in [4.78, 5) is 22.6. The Morgan fingerprint density at radius 2 is 1.68 bits per heavy atom. The van der Waals surface area contributed by atoms with Gasteiger partial charge in [-0.1, -0.05) is 17.7 Å². The van der Waals surface area contributed by atoms with Crippen LogP contribution in [0.3, 0.4) is 0 Å². The number of rotatable bonds is 4. The van der Waals surface area contributed by atoms with Gasteiger partial charge < -0.3 is 4.74 Å². The van der Waals surface area contributed by atoms with Crippen LogP contribution in [0.2, 0.25) is 0 Å². The van der Waals surface area contributed by atoms with Crippen molar-refractivity contribution in [1.82, 2.24) is 5.43 Å². The first kappa shape index (κ1) is 15.4. The van der Waals surface area contributed by atoms with Crippen LogP contribution in [0.5, 0.6) is 5.75 Å². The van der Waals surface area contributed by atoms with Gasteiger partial charge in [-0.25, -0.2) is 5.43 Å².